The van der Waals surface area contributed by atoms with Crippen LogP contribution in [0.5, 0.6) is 11.5 Å². The summed E-state index contributed by atoms with van der Waals surface area (Å²) in [6.07, 6.45) is 2.42. The van der Waals surface area contributed by atoms with E-state index in [-0.39, 0.29) is 23.8 Å². The van der Waals surface area contributed by atoms with Crippen molar-refractivity contribution < 1.29 is 23.9 Å². The number of ether oxygens (including phenoxy) is 2. The molecule has 0 aromatic heterocycles. The van der Waals surface area contributed by atoms with Gasteiger partial charge in [-0.1, -0.05) is 25.1 Å². The molecule has 0 bridgehead atoms. The van der Waals surface area contributed by atoms with E-state index in [0.717, 1.165) is 36.1 Å². The maximum absolute atomic E-state index is 14.2. The van der Waals surface area contributed by atoms with Gasteiger partial charge >= 0.3 is 0 Å². The summed E-state index contributed by atoms with van der Waals surface area (Å²) in [5, 5.41) is 3.10. The van der Waals surface area contributed by atoms with E-state index in [2.05, 4.69) is 10.2 Å². The highest BCUT2D eigenvalue weighted by molar-refractivity contribution is 6.26. The van der Waals surface area contributed by atoms with E-state index >= 15 is 0 Å². The first kappa shape index (κ1) is 21.2. The standard InChI is InChI=1S/C26H27N3O5/c1-4-14-7-5-8-16-22(14)27-25(32)26(16)21-20(17-9-6-12-28(17)26)23(30)29(24(21)31)18-13-15(33-2)10-11-19(18)34-3/h5,7-8,10-11,13,17,20-21H,4,6,9,12H2,1-3H3,(H,27,32)/t17-,20+,21-,26+/m0/s1. The van der Waals surface area contributed by atoms with Gasteiger partial charge in [-0.2, -0.15) is 0 Å². The topological polar surface area (TPSA) is 88.2 Å². The Labute approximate surface area is 197 Å². The lowest BCUT2D eigenvalue weighted by Gasteiger charge is -2.36. The molecule has 4 heterocycles. The summed E-state index contributed by atoms with van der Waals surface area (Å²) in [6.45, 7) is 2.73. The largest absolute Gasteiger partial charge is 0.497 e. The molecule has 4 aliphatic heterocycles. The third-order valence-electron chi connectivity index (χ3n) is 8.12. The van der Waals surface area contributed by atoms with Crippen LogP contribution in [0.1, 0.15) is 30.9 Å². The van der Waals surface area contributed by atoms with Gasteiger partial charge in [-0.25, -0.2) is 4.90 Å². The van der Waals surface area contributed by atoms with Crippen molar-refractivity contribution in [3.05, 3.63) is 47.5 Å². The highest BCUT2D eigenvalue weighted by Gasteiger charge is 2.74. The molecular formula is C26H27N3O5. The Morgan fingerprint density at radius 2 is 1.91 bits per heavy atom. The zero-order chi connectivity index (χ0) is 23.8. The van der Waals surface area contributed by atoms with Crippen LogP contribution in [-0.4, -0.2) is 49.4 Å². The third kappa shape index (κ3) is 2.39. The van der Waals surface area contributed by atoms with Crippen LogP contribution in [0.4, 0.5) is 11.4 Å². The number of methoxy groups -OCH3 is 2. The maximum atomic E-state index is 14.2. The minimum Gasteiger partial charge on any atom is -0.497 e. The predicted octanol–water partition coefficient (Wildman–Crippen LogP) is 2.70. The Balaban J connectivity index is 1.55. The van der Waals surface area contributed by atoms with Crippen LogP contribution in [0.2, 0.25) is 0 Å². The number of para-hydroxylation sites is 1. The summed E-state index contributed by atoms with van der Waals surface area (Å²) in [7, 11) is 3.04. The molecule has 8 nitrogen and oxygen atoms in total. The van der Waals surface area contributed by atoms with Crippen LogP contribution < -0.4 is 19.7 Å². The molecule has 4 atom stereocenters. The van der Waals surface area contributed by atoms with Crippen LogP contribution in [0, 0.1) is 11.8 Å². The van der Waals surface area contributed by atoms with Gasteiger partial charge in [-0.05, 0) is 43.5 Å². The first-order valence-corrected chi connectivity index (χ1v) is 11.8. The average Bonchev–Trinajstić information content (AvgIpc) is 3.56. The van der Waals surface area contributed by atoms with Gasteiger partial charge in [0.05, 0.1) is 31.7 Å². The van der Waals surface area contributed by atoms with Gasteiger partial charge in [-0.15, -0.1) is 0 Å². The van der Waals surface area contributed by atoms with Gasteiger partial charge in [0.2, 0.25) is 17.7 Å². The molecule has 4 aliphatic rings. The Kier molecular flexibility index (Phi) is 4.55. The predicted molar refractivity (Wildman–Crippen MR) is 125 cm³/mol. The second kappa shape index (κ2) is 7.30. The summed E-state index contributed by atoms with van der Waals surface area (Å²) in [6, 6.07) is 10.8. The number of nitrogens with zero attached hydrogens (tertiary/aromatic N) is 2. The Morgan fingerprint density at radius 3 is 2.65 bits per heavy atom. The molecule has 176 valence electrons. The van der Waals surface area contributed by atoms with Crippen molar-refractivity contribution in [1.29, 1.82) is 0 Å². The van der Waals surface area contributed by atoms with E-state index in [1.54, 1.807) is 18.2 Å². The van der Waals surface area contributed by atoms with E-state index < -0.39 is 17.4 Å². The van der Waals surface area contributed by atoms with Crippen molar-refractivity contribution in [2.75, 3.05) is 31.0 Å². The molecule has 34 heavy (non-hydrogen) atoms. The summed E-state index contributed by atoms with van der Waals surface area (Å²) in [5.41, 5.74) is 1.81. The molecule has 0 unspecified atom stereocenters. The van der Waals surface area contributed by atoms with Crippen molar-refractivity contribution in [2.45, 2.75) is 37.8 Å². The van der Waals surface area contributed by atoms with Gasteiger partial charge in [0.1, 0.15) is 17.0 Å². The number of imide groups is 1. The smallest absolute Gasteiger partial charge is 0.250 e. The van der Waals surface area contributed by atoms with Crippen molar-refractivity contribution in [1.82, 2.24) is 4.90 Å². The van der Waals surface area contributed by atoms with Crippen LogP contribution in [0.15, 0.2) is 36.4 Å². The average molecular weight is 462 g/mol. The summed E-state index contributed by atoms with van der Waals surface area (Å²) in [5.74, 6) is -1.30. The first-order valence-electron chi connectivity index (χ1n) is 11.8. The lowest BCUT2D eigenvalue weighted by atomic mass is 9.75. The molecule has 1 N–H and O–H groups in total. The molecule has 8 heteroatoms. The summed E-state index contributed by atoms with van der Waals surface area (Å²) < 4.78 is 10.8. The molecule has 2 aromatic carbocycles. The Bertz CT molecular complexity index is 1240. The highest BCUT2D eigenvalue weighted by atomic mass is 16.5. The van der Waals surface area contributed by atoms with E-state index in [1.807, 2.05) is 25.1 Å². The van der Waals surface area contributed by atoms with Gasteiger partial charge in [0, 0.05) is 23.4 Å². The number of amides is 3. The van der Waals surface area contributed by atoms with E-state index in [9.17, 15) is 14.4 Å². The fraction of sp³-hybridized carbons (Fsp3) is 0.423. The number of aryl methyl sites for hydroxylation is 1. The lowest BCUT2D eigenvalue weighted by molar-refractivity contribution is -0.135. The van der Waals surface area contributed by atoms with Crippen molar-refractivity contribution in [3.8, 4) is 11.5 Å². The summed E-state index contributed by atoms with van der Waals surface area (Å²) >= 11 is 0. The fourth-order valence-corrected chi connectivity index (χ4v) is 6.79. The van der Waals surface area contributed by atoms with Gasteiger partial charge in [0.25, 0.3) is 0 Å². The summed E-state index contributed by atoms with van der Waals surface area (Å²) in [4.78, 5) is 45.3. The van der Waals surface area contributed by atoms with E-state index in [1.165, 1.54) is 19.1 Å². The number of rotatable bonds is 4. The number of fused-ring (bicyclic) bond motifs is 7. The number of anilines is 2. The highest BCUT2D eigenvalue weighted by Crippen LogP contribution is 2.61. The van der Waals surface area contributed by atoms with Gasteiger partial charge in [0.15, 0.2) is 0 Å². The quantitative estimate of drug-likeness (QED) is 0.705. The second-order valence-corrected chi connectivity index (χ2v) is 9.37. The maximum Gasteiger partial charge on any atom is 0.250 e. The van der Waals surface area contributed by atoms with Crippen LogP contribution in [0.3, 0.4) is 0 Å². The first-order chi connectivity index (χ1) is 16.5. The molecule has 3 fully saturated rings. The second-order valence-electron chi connectivity index (χ2n) is 9.37. The van der Waals surface area contributed by atoms with E-state index in [0.29, 0.717) is 23.7 Å². The monoisotopic (exact) mass is 461 g/mol. The zero-order valence-electron chi connectivity index (χ0n) is 19.5. The number of nitrogens with one attached hydrogen (secondary N) is 1. The number of hydrogen-bond acceptors (Lipinski definition) is 6. The fourth-order valence-electron chi connectivity index (χ4n) is 6.79. The van der Waals surface area contributed by atoms with Gasteiger partial charge < -0.3 is 14.8 Å². The third-order valence-corrected chi connectivity index (χ3v) is 8.12. The molecule has 2 aromatic rings. The molecule has 0 saturated carbocycles. The number of carbonyl (C=O) groups is 3. The number of carbonyl (C=O) groups excluding carboxylic acids is 3. The molecule has 0 radical (unpaired) electrons. The Hall–Kier alpha value is -3.39. The SMILES string of the molecule is CCc1cccc2c1NC(=O)[C@]21[C@@H]2C(=O)N(c3cc(OC)ccc3OC)C(=O)[C@@H]2[C@@H]2CCCN21. The molecule has 6 rings (SSSR count). The minimum absolute atomic E-state index is 0.162. The van der Waals surface area contributed by atoms with Gasteiger partial charge in [-0.3, -0.25) is 19.3 Å². The van der Waals surface area contributed by atoms with Crippen LogP contribution in [0.25, 0.3) is 0 Å². The minimum atomic E-state index is -1.18. The zero-order valence-corrected chi connectivity index (χ0v) is 19.5. The number of benzene rings is 2. The molecule has 3 saturated heterocycles. The van der Waals surface area contributed by atoms with E-state index in [4.69, 9.17) is 9.47 Å². The molecular weight excluding hydrogens is 434 g/mol. The molecule has 1 spiro atoms. The van der Waals surface area contributed by atoms with Crippen LogP contribution in [-0.2, 0) is 26.3 Å². The van der Waals surface area contributed by atoms with Crippen molar-refractivity contribution in [3.63, 3.8) is 0 Å². The molecule has 0 aliphatic carbocycles. The van der Waals surface area contributed by atoms with Crippen molar-refractivity contribution in [2.24, 2.45) is 11.8 Å². The normalized spacial score (nSPS) is 29.4. The van der Waals surface area contributed by atoms with Crippen molar-refractivity contribution >= 4 is 29.1 Å². The number of hydrogen-bond donors (Lipinski definition) is 1. The van der Waals surface area contributed by atoms with Crippen LogP contribution >= 0.6 is 0 Å². The lowest BCUT2D eigenvalue weighted by Crippen LogP contribution is -2.54. The Morgan fingerprint density at radius 1 is 1.09 bits per heavy atom. The molecule has 3 amide bonds.